The predicted molar refractivity (Wildman–Crippen MR) is 111 cm³/mol. The topological polar surface area (TPSA) is 44.8 Å². The molecule has 3 rings (SSSR count). The van der Waals surface area contributed by atoms with Crippen molar-refractivity contribution in [2.24, 2.45) is 0 Å². The predicted octanol–water partition coefficient (Wildman–Crippen LogP) is 2.56. The van der Waals surface area contributed by atoms with Crippen molar-refractivity contribution in [3.05, 3.63) is 30.3 Å². The Kier molecular flexibility index (Phi) is 10.0. The Morgan fingerprint density at radius 1 is 1.08 bits per heavy atom. The number of hydrogen-bond acceptors (Lipinski definition) is 4. The van der Waals surface area contributed by atoms with E-state index in [1.807, 2.05) is 0 Å². The van der Waals surface area contributed by atoms with Gasteiger partial charge in [0.2, 0.25) is 5.91 Å². The fourth-order valence-corrected chi connectivity index (χ4v) is 3.84. The SMILES string of the molecule is Cl.Cl.O=C(CCl)NCC1(N2CCN(c3ccccc3)CC2)CCOCC1. The van der Waals surface area contributed by atoms with Crippen LogP contribution in [0.1, 0.15) is 12.8 Å². The molecule has 1 aromatic carbocycles. The first-order valence-corrected chi connectivity index (χ1v) is 9.22. The van der Waals surface area contributed by atoms with Gasteiger partial charge in [-0.1, -0.05) is 18.2 Å². The van der Waals surface area contributed by atoms with Crippen LogP contribution < -0.4 is 10.2 Å². The standard InChI is InChI=1S/C18H26ClN3O2.2ClH/c19-14-17(23)20-15-18(6-12-24-13-7-18)22-10-8-21(9-11-22)16-4-2-1-3-5-16;;/h1-5H,6-15H2,(H,20,23);2*1H. The fraction of sp³-hybridized carbons (Fsp3) is 0.611. The second kappa shape index (κ2) is 11.2. The number of rotatable bonds is 5. The summed E-state index contributed by atoms with van der Waals surface area (Å²) >= 11 is 5.63. The van der Waals surface area contributed by atoms with Crippen LogP contribution in [0.15, 0.2) is 30.3 Å². The van der Waals surface area contributed by atoms with Crippen molar-refractivity contribution in [3.8, 4) is 0 Å². The lowest BCUT2D eigenvalue weighted by Gasteiger charge is -2.50. The second-order valence-electron chi connectivity index (χ2n) is 6.56. The molecule has 2 fully saturated rings. The number of nitrogens with one attached hydrogen (secondary N) is 1. The molecule has 0 bridgehead atoms. The zero-order valence-electron chi connectivity index (χ0n) is 14.9. The maximum atomic E-state index is 11.6. The molecule has 1 N–H and O–H groups in total. The number of halogens is 3. The monoisotopic (exact) mass is 423 g/mol. The maximum absolute atomic E-state index is 11.6. The van der Waals surface area contributed by atoms with Crippen LogP contribution in [0.25, 0.3) is 0 Å². The van der Waals surface area contributed by atoms with Crippen LogP contribution in [0.2, 0.25) is 0 Å². The van der Waals surface area contributed by atoms with Crippen LogP contribution in [0.3, 0.4) is 0 Å². The first kappa shape index (κ1) is 23.3. The summed E-state index contributed by atoms with van der Waals surface area (Å²) in [7, 11) is 0. The van der Waals surface area contributed by atoms with Crippen molar-refractivity contribution in [2.75, 3.05) is 56.7 Å². The number of amides is 1. The normalized spacial score (nSPS) is 19.8. The lowest BCUT2D eigenvalue weighted by molar-refractivity contribution is -0.120. The zero-order chi connectivity index (χ0) is 16.8. The molecule has 0 unspecified atom stereocenters. The van der Waals surface area contributed by atoms with E-state index in [0.29, 0.717) is 6.54 Å². The van der Waals surface area contributed by atoms with Gasteiger partial charge in [-0.2, -0.15) is 0 Å². The van der Waals surface area contributed by atoms with E-state index in [1.165, 1.54) is 5.69 Å². The number of nitrogens with zero attached hydrogens (tertiary/aromatic N) is 2. The summed E-state index contributed by atoms with van der Waals surface area (Å²) in [5, 5.41) is 3.00. The highest BCUT2D eigenvalue weighted by Crippen LogP contribution is 2.29. The summed E-state index contributed by atoms with van der Waals surface area (Å²) in [5.41, 5.74) is 1.29. The molecule has 8 heteroatoms. The van der Waals surface area contributed by atoms with E-state index in [-0.39, 0.29) is 42.1 Å². The molecule has 0 radical (unpaired) electrons. The van der Waals surface area contributed by atoms with Crippen LogP contribution in [0, 0.1) is 0 Å². The molecule has 1 aromatic rings. The summed E-state index contributed by atoms with van der Waals surface area (Å²) in [6, 6.07) is 10.6. The number of carbonyl (C=O) groups excluding carboxylic acids is 1. The van der Waals surface area contributed by atoms with Crippen LogP contribution in [0.4, 0.5) is 5.69 Å². The average molecular weight is 425 g/mol. The van der Waals surface area contributed by atoms with Gasteiger partial charge in [-0.05, 0) is 25.0 Å². The van der Waals surface area contributed by atoms with Gasteiger partial charge in [0, 0.05) is 57.2 Å². The number of hydrogen-bond donors (Lipinski definition) is 1. The molecule has 0 atom stereocenters. The number of alkyl halides is 1. The Bertz CT molecular complexity index is 534. The molecule has 0 aliphatic carbocycles. The molecular weight excluding hydrogens is 397 g/mol. The molecule has 0 spiro atoms. The van der Waals surface area contributed by atoms with Gasteiger partial charge in [-0.3, -0.25) is 9.69 Å². The van der Waals surface area contributed by atoms with E-state index in [4.69, 9.17) is 16.3 Å². The molecule has 2 saturated heterocycles. The molecule has 2 aliphatic rings. The van der Waals surface area contributed by atoms with Gasteiger partial charge in [0.1, 0.15) is 5.88 Å². The third kappa shape index (κ3) is 5.64. The van der Waals surface area contributed by atoms with Crippen molar-refractivity contribution in [2.45, 2.75) is 18.4 Å². The largest absolute Gasteiger partial charge is 0.381 e. The van der Waals surface area contributed by atoms with Gasteiger partial charge in [0.05, 0.1) is 0 Å². The van der Waals surface area contributed by atoms with Gasteiger partial charge in [0.15, 0.2) is 0 Å². The molecule has 1 amide bonds. The summed E-state index contributed by atoms with van der Waals surface area (Å²) in [6.45, 7) is 6.21. The van der Waals surface area contributed by atoms with E-state index in [1.54, 1.807) is 0 Å². The minimum atomic E-state index is -0.0922. The Balaban J connectivity index is 0.00000169. The highest BCUT2D eigenvalue weighted by Gasteiger charge is 2.40. The number of anilines is 1. The van der Waals surface area contributed by atoms with E-state index >= 15 is 0 Å². The van der Waals surface area contributed by atoms with Crippen LogP contribution in [-0.4, -0.2) is 68.2 Å². The summed E-state index contributed by atoms with van der Waals surface area (Å²) in [4.78, 5) is 16.6. The number of benzene rings is 1. The van der Waals surface area contributed by atoms with Gasteiger partial charge >= 0.3 is 0 Å². The van der Waals surface area contributed by atoms with E-state index in [0.717, 1.165) is 52.2 Å². The van der Waals surface area contributed by atoms with Gasteiger partial charge < -0.3 is 15.0 Å². The van der Waals surface area contributed by atoms with Gasteiger partial charge in [0.25, 0.3) is 0 Å². The number of carbonyl (C=O) groups is 1. The van der Waals surface area contributed by atoms with Crippen molar-refractivity contribution in [1.29, 1.82) is 0 Å². The minimum absolute atomic E-state index is 0. The van der Waals surface area contributed by atoms with Crippen molar-refractivity contribution in [1.82, 2.24) is 10.2 Å². The van der Waals surface area contributed by atoms with Crippen LogP contribution in [-0.2, 0) is 9.53 Å². The molecular formula is C18H28Cl3N3O2. The molecule has 5 nitrogen and oxygen atoms in total. The highest BCUT2D eigenvalue weighted by atomic mass is 35.5. The third-order valence-electron chi connectivity index (χ3n) is 5.23. The minimum Gasteiger partial charge on any atom is -0.381 e. The number of para-hydroxylation sites is 1. The molecule has 2 aliphatic heterocycles. The van der Waals surface area contributed by atoms with Crippen LogP contribution in [0.5, 0.6) is 0 Å². The molecule has 26 heavy (non-hydrogen) atoms. The Hall–Kier alpha value is -0.720. The Morgan fingerprint density at radius 2 is 1.69 bits per heavy atom. The van der Waals surface area contributed by atoms with Gasteiger partial charge in [-0.15, -0.1) is 36.4 Å². The van der Waals surface area contributed by atoms with Crippen molar-refractivity contribution in [3.63, 3.8) is 0 Å². The lowest BCUT2D eigenvalue weighted by atomic mass is 9.87. The molecule has 0 saturated carbocycles. The number of ether oxygens (including phenoxy) is 1. The first-order chi connectivity index (χ1) is 11.7. The summed E-state index contributed by atoms with van der Waals surface area (Å²) in [6.07, 6.45) is 1.92. The highest BCUT2D eigenvalue weighted by molar-refractivity contribution is 6.27. The smallest absolute Gasteiger partial charge is 0.234 e. The third-order valence-corrected chi connectivity index (χ3v) is 5.47. The van der Waals surface area contributed by atoms with E-state index < -0.39 is 0 Å². The summed E-state index contributed by atoms with van der Waals surface area (Å²) in [5.74, 6) is -0.0700. The lowest BCUT2D eigenvalue weighted by Crippen LogP contribution is -2.63. The second-order valence-corrected chi connectivity index (χ2v) is 6.82. The van der Waals surface area contributed by atoms with Gasteiger partial charge in [-0.25, -0.2) is 0 Å². The van der Waals surface area contributed by atoms with Crippen LogP contribution >= 0.6 is 36.4 Å². The molecule has 2 heterocycles. The maximum Gasteiger partial charge on any atom is 0.234 e. The average Bonchev–Trinajstić information content (AvgIpc) is 2.67. The van der Waals surface area contributed by atoms with E-state index in [2.05, 4.69) is 45.4 Å². The summed E-state index contributed by atoms with van der Waals surface area (Å²) < 4.78 is 5.56. The Morgan fingerprint density at radius 3 is 2.27 bits per heavy atom. The van der Waals surface area contributed by atoms with Crippen molar-refractivity contribution >= 4 is 48.0 Å². The Labute approximate surface area is 173 Å². The first-order valence-electron chi connectivity index (χ1n) is 8.69. The van der Waals surface area contributed by atoms with Crippen molar-refractivity contribution < 1.29 is 9.53 Å². The van der Waals surface area contributed by atoms with E-state index in [9.17, 15) is 4.79 Å². The number of piperazine rings is 1. The fourth-order valence-electron chi connectivity index (χ4n) is 3.74. The quantitative estimate of drug-likeness (QED) is 0.738. The molecule has 0 aromatic heterocycles. The molecule has 148 valence electrons. The zero-order valence-corrected chi connectivity index (χ0v) is 17.3.